The third-order valence-corrected chi connectivity index (χ3v) is 8.73. The van der Waals surface area contributed by atoms with Crippen molar-refractivity contribution in [2.75, 3.05) is 7.05 Å². The summed E-state index contributed by atoms with van der Waals surface area (Å²) in [4.78, 5) is 14.4. The van der Waals surface area contributed by atoms with Gasteiger partial charge < -0.3 is 10.6 Å². The number of unbranched alkanes of at least 4 members (excludes halogenated alkanes) is 1. The fraction of sp³-hybridized carbons (Fsp3) is 0.607. The van der Waals surface area contributed by atoms with Crippen molar-refractivity contribution in [1.29, 1.82) is 0 Å². The predicted octanol–water partition coefficient (Wildman–Crippen LogP) is 6.52. The van der Waals surface area contributed by atoms with Gasteiger partial charge in [0, 0.05) is 35.7 Å². The van der Waals surface area contributed by atoms with Crippen molar-refractivity contribution in [3.8, 4) is 0 Å². The van der Waals surface area contributed by atoms with Crippen molar-refractivity contribution in [3.63, 3.8) is 0 Å². The van der Waals surface area contributed by atoms with Crippen LogP contribution in [0.4, 0.5) is 8.78 Å². The highest BCUT2D eigenvalue weighted by Crippen LogP contribution is 2.44. The third-order valence-electron chi connectivity index (χ3n) is 6.84. The fourth-order valence-electron chi connectivity index (χ4n) is 4.71. The lowest BCUT2D eigenvalue weighted by Gasteiger charge is -2.23. The molecule has 1 aromatic rings. The van der Waals surface area contributed by atoms with E-state index >= 15 is 0 Å². The van der Waals surface area contributed by atoms with Crippen molar-refractivity contribution in [1.82, 2.24) is 10.6 Å². The van der Waals surface area contributed by atoms with E-state index in [0.717, 1.165) is 41.7 Å². The first kappa shape index (κ1) is 27.6. The van der Waals surface area contributed by atoms with Gasteiger partial charge in [0.15, 0.2) is 0 Å². The van der Waals surface area contributed by atoms with Crippen LogP contribution in [0.3, 0.4) is 0 Å². The number of hydrogen-bond donors (Lipinski definition) is 2. The number of carbonyl (C=O) groups is 1. The van der Waals surface area contributed by atoms with Gasteiger partial charge in [0.25, 0.3) is 0 Å². The largest absolute Gasteiger partial charge is 0.394 e. The van der Waals surface area contributed by atoms with Gasteiger partial charge in [0.1, 0.15) is 0 Å². The lowest BCUT2D eigenvalue weighted by Crippen LogP contribution is -2.30. The van der Waals surface area contributed by atoms with Crippen molar-refractivity contribution < 1.29 is 17.8 Å². The zero-order chi connectivity index (χ0) is 25.6. The molecule has 0 bridgehead atoms. The molecule has 2 N–H and O–H groups in total. The summed E-state index contributed by atoms with van der Waals surface area (Å²) in [6, 6.07) is 5.78. The minimum Gasteiger partial charge on any atom is -0.394 e. The standard InChI is InChI=1S/C28H40F2N2O2S/c1-5-6-7-22(13-15-31-4)32-27(33)25(16-20-12-14-28(29,30)18-20)21-8-11-26(24(17-21)19(2)3)35(34)23-9-10-23/h7-8,11,13,15,17,19-20,23,25,31H,5-6,9-10,12,14,16,18H2,1-4H3,(H,32,33)/b15-13-,22-7-/t20-,25?,35?/m1/s1. The van der Waals surface area contributed by atoms with Gasteiger partial charge in [-0.15, -0.1) is 0 Å². The first-order valence-corrected chi connectivity index (χ1v) is 14.1. The summed E-state index contributed by atoms with van der Waals surface area (Å²) in [6.45, 7) is 6.20. The number of hydrogen-bond acceptors (Lipinski definition) is 3. The zero-order valence-corrected chi connectivity index (χ0v) is 22.2. The Morgan fingerprint density at radius 3 is 2.57 bits per heavy atom. The molecule has 3 rings (SSSR count). The molecule has 3 atom stereocenters. The maximum Gasteiger partial charge on any atom is 0.248 e. The smallest absolute Gasteiger partial charge is 0.248 e. The first-order valence-electron chi connectivity index (χ1n) is 12.9. The highest BCUT2D eigenvalue weighted by Gasteiger charge is 2.41. The molecule has 2 fully saturated rings. The van der Waals surface area contributed by atoms with E-state index in [2.05, 4.69) is 31.4 Å². The molecule has 4 nitrogen and oxygen atoms in total. The van der Waals surface area contributed by atoms with Crippen LogP contribution in [0.25, 0.3) is 0 Å². The molecule has 194 valence electrons. The number of benzene rings is 1. The molecule has 2 aliphatic rings. The van der Waals surface area contributed by atoms with Crippen LogP contribution in [0.15, 0.2) is 47.1 Å². The second-order valence-electron chi connectivity index (χ2n) is 10.3. The van der Waals surface area contributed by atoms with Gasteiger partial charge >= 0.3 is 0 Å². The molecule has 1 aromatic carbocycles. The first-order chi connectivity index (χ1) is 16.6. The Morgan fingerprint density at radius 1 is 1.26 bits per heavy atom. The van der Waals surface area contributed by atoms with E-state index in [0.29, 0.717) is 18.5 Å². The van der Waals surface area contributed by atoms with Crippen LogP contribution in [-0.4, -0.2) is 28.3 Å². The molecule has 35 heavy (non-hydrogen) atoms. The Balaban J connectivity index is 1.93. The average Bonchev–Trinajstić information content (AvgIpc) is 3.61. The van der Waals surface area contributed by atoms with Gasteiger partial charge in [0.2, 0.25) is 11.8 Å². The van der Waals surface area contributed by atoms with E-state index in [9.17, 15) is 17.8 Å². The number of amides is 1. The van der Waals surface area contributed by atoms with Gasteiger partial charge in [-0.25, -0.2) is 8.78 Å². The summed E-state index contributed by atoms with van der Waals surface area (Å²) in [5.74, 6) is -3.45. The molecule has 1 amide bonds. The summed E-state index contributed by atoms with van der Waals surface area (Å²) < 4.78 is 40.9. The third kappa shape index (κ3) is 7.73. The van der Waals surface area contributed by atoms with Gasteiger partial charge in [-0.2, -0.15) is 0 Å². The van der Waals surface area contributed by atoms with E-state index < -0.39 is 22.6 Å². The molecule has 0 spiro atoms. The van der Waals surface area contributed by atoms with Crippen LogP contribution >= 0.6 is 0 Å². The molecule has 2 unspecified atom stereocenters. The molecule has 0 aliphatic heterocycles. The average molecular weight is 507 g/mol. The number of allylic oxidation sites excluding steroid dienone is 2. The number of rotatable bonds is 12. The van der Waals surface area contributed by atoms with Crippen molar-refractivity contribution in [2.45, 2.75) is 100 Å². The monoisotopic (exact) mass is 506 g/mol. The Bertz CT molecular complexity index is 970. The normalized spacial score (nSPS) is 21.9. The Labute approximate surface area is 211 Å². The fourth-order valence-corrected chi connectivity index (χ4v) is 6.37. The zero-order valence-electron chi connectivity index (χ0n) is 21.4. The Hall–Kier alpha value is -2.02. The lowest BCUT2D eigenvalue weighted by molar-refractivity contribution is -0.122. The van der Waals surface area contributed by atoms with Crippen molar-refractivity contribution >= 4 is 16.7 Å². The molecule has 7 heteroatoms. The molecule has 0 saturated heterocycles. The number of carbonyl (C=O) groups excluding carboxylic acids is 1. The van der Waals surface area contributed by atoms with Crippen molar-refractivity contribution in [3.05, 3.63) is 53.4 Å². The highest BCUT2D eigenvalue weighted by molar-refractivity contribution is 7.86. The van der Waals surface area contributed by atoms with Crippen LogP contribution in [0, 0.1) is 5.92 Å². The summed E-state index contributed by atoms with van der Waals surface area (Å²) in [7, 11) is 0.747. The van der Waals surface area contributed by atoms with Crippen molar-refractivity contribution in [2.24, 2.45) is 5.92 Å². The van der Waals surface area contributed by atoms with Gasteiger partial charge in [-0.1, -0.05) is 45.4 Å². The summed E-state index contributed by atoms with van der Waals surface area (Å²) in [5.41, 5.74) is 2.49. The molecule has 0 radical (unpaired) electrons. The van der Waals surface area contributed by atoms with E-state index in [1.807, 2.05) is 30.4 Å². The van der Waals surface area contributed by atoms with E-state index in [1.54, 1.807) is 13.2 Å². The van der Waals surface area contributed by atoms with Gasteiger partial charge in [0.05, 0.1) is 16.7 Å². The summed E-state index contributed by atoms with van der Waals surface area (Å²) in [6.07, 6.45) is 9.81. The number of nitrogens with one attached hydrogen (secondary N) is 2. The van der Waals surface area contributed by atoms with Crippen LogP contribution in [0.5, 0.6) is 0 Å². The van der Waals surface area contributed by atoms with Gasteiger partial charge in [-0.3, -0.25) is 9.00 Å². The number of halogens is 2. The van der Waals surface area contributed by atoms with Crippen LogP contribution in [0.1, 0.15) is 95.1 Å². The van der Waals surface area contributed by atoms with E-state index in [4.69, 9.17) is 0 Å². The minimum absolute atomic E-state index is 0.116. The molecule has 0 heterocycles. The summed E-state index contributed by atoms with van der Waals surface area (Å²) >= 11 is 0. The predicted molar refractivity (Wildman–Crippen MR) is 139 cm³/mol. The number of alkyl halides is 2. The van der Waals surface area contributed by atoms with Crippen LogP contribution in [0.2, 0.25) is 0 Å². The van der Waals surface area contributed by atoms with Gasteiger partial charge in [-0.05, 0) is 73.4 Å². The second-order valence-corrected chi connectivity index (χ2v) is 12.0. The van der Waals surface area contributed by atoms with E-state index in [1.165, 1.54) is 0 Å². The quantitative estimate of drug-likeness (QED) is 0.317. The molecule has 2 saturated carbocycles. The maximum absolute atomic E-state index is 14.0. The topological polar surface area (TPSA) is 58.2 Å². The maximum atomic E-state index is 14.0. The molecular weight excluding hydrogens is 466 g/mol. The highest BCUT2D eigenvalue weighted by atomic mass is 32.2. The molecule has 2 aliphatic carbocycles. The van der Waals surface area contributed by atoms with Crippen LogP contribution in [-0.2, 0) is 15.6 Å². The molecular formula is C28H40F2N2O2S. The van der Waals surface area contributed by atoms with Crippen LogP contribution < -0.4 is 10.6 Å². The minimum atomic E-state index is -2.65. The lowest BCUT2D eigenvalue weighted by atomic mass is 9.85. The van der Waals surface area contributed by atoms with E-state index in [-0.39, 0.29) is 35.8 Å². The summed E-state index contributed by atoms with van der Waals surface area (Å²) in [5, 5.41) is 6.21. The second kappa shape index (κ2) is 12.3. The Morgan fingerprint density at radius 2 is 2.00 bits per heavy atom. The Kier molecular flexibility index (Phi) is 9.68. The molecule has 0 aromatic heterocycles. The SMILES string of the molecule is CCC/C=C(/C=C\NC)NC(=O)C(C[C@H]1CCC(F)(F)C1)c1ccc(S(=O)C2CC2)c(C(C)C)c1.